The fraction of sp³-hybridized carbons (Fsp3) is 0.308. The molecule has 0 heterocycles. The Labute approximate surface area is 95.9 Å². The summed E-state index contributed by atoms with van der Waals surface area (Å²) in [5.74, 6) is 0.702. The van der Waals surface area contributed by atoms with E-state index in [0.29, 0.717) is 31.1 Å². The van der Waals surface area contributed by atoms with Gasteiger partial charge < -0.3 is 9.47 Å². The third-order valence-electron chi connectivity index (χ3n) is 1.91. The molecule has 0 saturated carbocycles. The van der Waals surface area contributed by atoms with Gasteiger partial charge >= 0.3 is 0 Å². The maximum Gasteiger partial charge on any atom is 0.120 e. The highest BCUT2D eigenvalue weighted by atomic mass is 16.5. The van der Waals surface area contributed by atoms with Gasteiger partial charge in [-0.1, -0.05) is 18.2 Å². The molecule has 0 unspecified atom stereocenters. The molecule has 1 aromatic rings. The first kappa shape index (κ1) is 12.3. The molecule has 1 aromatic carbocycles. The van der Waals surface area contributed by atoms with Gasteiger partial charge in [-0.25, -0.2) is 0 Å². The third kappa shape index (κ3) is 4.63. The normalized spacial score (nSPS) is 10.2. The molecule has 0 atom stereocenters. The van der Waals surface area contributed by atoms with Crippen molar-refractivity contribution in [2.45, 2.75) is 6.92 Å². The van der Waals surface area contributed by atoms with Crippen LogP contribution in [0, 0.1) is 11.3 Å². The van der Waals surface area contributed by atoms with Crippen molar-refractivity contribution < 1.29 is 9.47 Å². The van der Waals surface area contributed by atoms with Gasteiger partial charge in [0.05, 0.1) is 24.8 Å². The number of hydrogen-bond donors (Lipinski definition) is 0. The Morgan fingerprint density at radius 1 is 1.38 bits per heavy atom. The highest BCUT2D eigenvalue weighted by Crippen LogP contribution is 2.12. The summed E-state index contributed by atoms with van der Waals surface area (Å²) < 4.78 is 10.7. The Kier molecular flexibility index (Phi) is 5.75. The summed E-state index contributed by atoms with van der Waals surface area (Å²) in [6.45, 7) is 3.60. The average molecular weight is 217 g/mol. The molecule has 0 fully saturated rings. The molecule has 0 saturated heterocycles. The first-order chi connectivity index (χ1) is 7.86. The Balaban J connectivity index is 2.24. The summed E-state index contributed by atoms with van der Waals surface area (Å²) in [6, 6.07) is 9.15. The van der Waals surface area contributed by atoms with E-state index in [2.05, 4.69) is 6.07 Å². The molecule has 16 heavy (non-hydrogen) atoms. The van der Waals surface area contributed by atoms with Crippen molar-refractivity contribution in [1.82, 2.24) is 0 Å². The summed E-state index contributed by atoms with van der Waals surface area (Å²) in [4.78, 5) is 0. The van der Waals surface area contributed by atoms with Crippen LogP contribution in [0.25, 0.3) is 0 Å². The molecular formula is C13H15NO2. The Bertz CT molecular complexity index is 380. The predicted molar refractivity (Wildman–Crippen MR) is 62.3 cm³/mol. The molecule has 0 amide bonds. The zero-order chi connectivity index (χ0) is 11.6. The first-order valence-electron chi connectivity index (χ1n) is 5.18. The minimum atomic E-state index is 0.492. The van der Waals surface area contributed by atoms with Crippen molar-refractivity contribution >= 4 is 0 Å². The van der Waals surface area contributed by atoms with E-state index >= 15 is 0 Å². The summed E-state index contributed by atoms with van der Waals surface area (Å²) in [5, 5.41) is 8.69. The van der Waals surface area contributed by atoms with E-state index in [-0.39, 0.29) is 0 Å². The molecular weight excluding hydrogens is 202 g/mol. The summed E-state index contributed by atoms with van der Waals surface area (Å²) >= 11 is 0. The minimum Gasteiger partial charge on any atom is -0.491 e. The number of nitriles is 1. The van der Waals surface area contributed by atoms with E-state index in [9.17, 15) is 0 Å². The van der Waals surface area contributed by atoms with Crippen LogP contribution in [0.3, 0.4) is 0 Å². The zero-order valence-electron chi connectivity index (χ0n) is 9.35. The molecule has 0 N–H and O–H groups in total. The van der Waals surface area contributed by atoms with Crippen LogP contribution in [-0.2, 0) is 4.74 Å². The maximum absolute atomic E-state index is 8.69. The largest absolute Gasteiger partial charge is 0.491 e. The van der Waals surface area contributed by atoms with Crippen molar-refractivity contribution in [1.29, 1.82) is 5.26 Å². The highest BCUT2D eigenvalue weighted by molar-refractivity contribution is 5.36. The molecule has 0 aliphatic carbocycles. The van der Waals surface area contributed by atoms with Gasteiger partial charge in [0.2, 0.25) is 0 Å². The van der Waals surface area contributed by atoms with E-state index in [4.69, 9.17) is 14.7 Å². The predicted octanol–water partition coefficient (Wildman–Crippen LogP) is 2.53. The van der Waals surface area contributed by atoms with Gasteiger partial charge in [-0.15, -0.1) is 0 Å². The van der Waals surface area contributed by atoms with Crippen molar-refractivity contribution in [2.24, 2.45) is 0 Å². The number of rotatable bonds is 6. The fourth-order valence-corrected chi connectivity index (χ4v) is 1.12. The summed E-state index contributed by atoms with van der Waals surface area (Å²) in [6.07, 6.45) is 3.88. The highest BCUT2D eigenvalue weighted by Gasteiger charge is 1.95. The monoisotopic (exact) mass is 217 g/mol. The number of ether oxygens (including phenoxy) is 2. The molecule has 3 heteroatoms. The quantitative estimate of drug-likeness (QED) is 0.543. The number of benzene rings is 1. The van der Waals surface area contributed by atoms with E-state index in [1.165, 1.54) is 0 Å². The molecule has 0 radical (unpaired) electrons. The van der Waals surface area contributed by atoms with Gasteiger partial charge in [0.1, 0.15) is 12.4 Å². The Morgan fingerprint density at radius 2 is 2.25 bits per heavy atom. The topological polar surface area (TPSA) is 42.2 Å². The van der Waals surface area contributed by atoms with Crippen LogP contribution >= 0.6 is 0 Å². The molecule has 84 valence electrons. The van der Waals surface area contributed by atoms with Crippen molar-refractivity contribution in [2.75, 3.05) is 19.8 Å². The van der Waals surface area contributed by atoms with Gasteiger partial charge in [0.25, 0.3) is 0 Å². The maximum atomic E-state index is 8.69. The summed E-state index contributed by atoms with van der Waals surface area (Å²) in [7, 11) is 0. The Morgan fingerprint density at radius 3 is 3.00 bits per heavy atom. The lowest BCUT2D eigenvalue weighted by Crippen LogP contribution is -2.06. The third-order valence-corrected chi connectivity index (χ3v) is 1.91. The van der Waals surface area contributed by atoms with Crippen LogP contribution in [0.4, 0.5) is 0 Å². The van der Waals surface area contributed by atoms with Crippen LogP contribution in [0.5, 0.6) is 5.75 Å². The molecule has 1 rings (SSSR count). The smallest absolute Gasteiger partial charge is 0.120 e. The lowest BCUT2D eigenvalue weighted by molar-refractivity contribution is 0.121. The van der Waals surface area contributed by atoms with Crippen LogP contribution < -0.4 is 4.74 Å². The number of hydrogen-bond acceptors (Lipinski definition) is 3. The van der Waals surface area contributed by atoms with Crippen molar-refractivity contribution in [3.63, 3.8) is 0 Å². The lowest BCUT2D eigenvalue weighted by atomic mass is 10.2. The van der Waals surface area contributed by atoms with Crippen LogP contribution in [-0.4, -0.2) is 19.8 Å². The summed E-state index contributed by atoms with van der Waals surface area (Å²) in [5.41, 5.74) is 0.604. The number of allylic oxidation sites excluding steroid dienone is 1. The minimum absolute atomic E-state index is 0.492. The van der Waals surface area contributed by atoms with Gasteiger partial charge in [-0.2, -0.15) is 5.26 Å². The van der Waals surface area contributed by atoms with Gasteiger partial charge in [-0.05, 0) is 25.1 Å². The van der Waals surface area contributed by atoms with Gasteiger partial charge in [-0.3, -0.25) is 0 Å². The molecule has 0 spiro atoms. The van der Waals surface area contributed by atoms with Crippen molar-refractivity contribution in [3.8, 4) is 11.8 Å². The van der Waals surface area contributed by atoms with Crippen LogP contribution in [0.15, 0.2) is 36.4 Å². The molecule has 0 aliphatic rings. The van der Waals surface area contributed by atoms with Crippen LogP contribution in [0.2, 0.25) is 0 Å². The average Bonchev–Trinajstić information content (AvgIpc) is 2.34. The molecule has 0 aromatic heterocycles. The van der Waals surface area contributed by atoms with E-state index in [1.54, 1.807) is 18.2 Å². The second-order valence-corrected chi connectivity index (χ2v) is 3.13. The second kappa shape index (κ2) is 7.49. The standard InChI is InChI=1S/C13H15NO2/c1-2-3-7-15-8-9-16-13-6-4-5-12(10-13)11-14/h2-6,10H,7-9H2,1H3. The number of nitrogens with zero attached hydrogens (tertiary/aromatic N) is 1. The molecule has 0 aliphatic heterocycles. The van der Waals surface area contributed by atoms with E-state index in [0.717, 1.165) is 0 Å². The van der Waals surface area contributed by atoms with Crippen molar-refractivity contribution in [3.05, 3.63) is 42.0 Å². The lowest BCUT2D eigenvalue weighted by Gasteiger charge is -2.05. The zero-order valence-corrected chi connectivity index (χ0v) is 9.35. The van der Waals surface area contributed by atoms with Gasteiger partial charge in [0, 0.05) is 0 Å². The molecule has 3 nitrogen and oxygen atoms in total. The van der Waals surface area contributed by atoms with Gasteiger partial charge in [0.15, 0.2) is 0 Å². The Hall–Kier alpha value is -1.79. The fourth-order valence-electron chi connectivity index (χ4n) is 1.12. The SMILES string of the molecule is CC=CCOCCOc1cccc(C#N)c1. The van der Waals surface area contributed by atoms with E-state index in [1.807, 2.05) is 25.1 Å². The van der Waals surface area contributed by atoms with Crippen LogP contribution in [0.1, 0.15) is 12.5 Å². The van der Waals surface area contributed by atoms with E-state index < -0.39 is 0 Å². The first-order valence-corrected chi connectivity index (χ1v) is 5.18. The second-order valence-electron chi connectivity index (χ2n) is 3.13. The molecule has 0 bridgehead atoms.